The second kappa shape index (κ2) is 8.53. The van der Waals surface area contributed by atoms with Crippen LogP contribution in [0.25, 0.3) is 0 Å². The predicted octanol–water partition coefficient (Wildman–Crippen LogP) is 2.34. The van der Waals surface area contributed by atoms with Gasteiger partial charge in [0.2, 0.25) is 0 Å². The van der Waals surface area contributed by atoms with Crippen LogP contribution < -0.4 is 0 Å². The third kappa shape index (κ3) is 13.5. The molecule has 0 bridgehead atoms. The lowest BCUT2D eigenvalue weighted by molar-refractivity contribution is 0.421. The van der Waals surface area contributed by atoms with Gasteiger partial charge in [0, 0.05) is 14.2 Å². The minimum absolute atomic E-state index is 0.449. The van der Waals surface area contributed by atoms with Crippen molar-refractivity contribution in [3.8, 4) is 0 Å². The van der Waals surface area contributed by atoms with Gasteiger partial charge in [0.05, 0.1) is 5.50 Å². The second-order valence-corrected chi connectivity index (χ2v) is 11.4. The van der Waals surface area contributed by atoms with Crippen LogP contribution in [0.4, 0.5) is 0 Å². The van der Waals surface area contributed by atoms with Gasteiger partial charge in [0.15, 0.2) is 9.04 Å². The molecule has 0 N–H and O–H groups in total. The van der Waals surface area contributed by atoms with Crippen molar-refractivity contribution < 1.29 is 8.85 Å². The van der Waals surface area contributed by atoms with E-state index in [1.165, 1.54) is 0 Å². The molecule has 0 spiro atoms. The normalized spacial score (nSPS) is 15.0. The summed E-state index contributed by atoms with van der Waals surface area (Å²) in [4.78, 5) is 0. The summed E-state index contributed by atoms with van der Waals surface area (Å²) in [6.45, 7) is 6.13. The number of hydrogen-bond donors (Lipinski definition) is 0. The van der Waals surface area contributed by atoms with Crippen molar-refractivity contribution in [3.05, 3.63) is 0 Å². The Morgan fingerprint density at radius 3 is 1.67 bits per heavy atom. The minimum atomic E-state index is -1.91. The van der Waals surface area contributed by atoms with Crippen molar-refractivity contribution in [3.63, 3.8) is 0 Å². The maximum Gasteiger partial charge on any atom is 0.301 e. The van der Waals surface area contributed by atoms with Crippen LogP contribution in [0.5, 0.6) is 0 Å². The fourth-order valence-electron chi connectivity index (χ4n) is 0.0546. The first-order valence-electron chi connectivity index (χ1n) is 3.72. The van der Waals surface area contributed by atoms with Crippen LogP contribution in [0.3, 0.4) is 0 Å². The van der Waals surface area contributed by atoms with Crippen LogP contribution in [-0.2, 0) is 8.85 Å². The standard InChI is InChI=1S/C3H8Cl2OSi.C3H10OSi/c1-6-7(2,5)3-4;1-4-5(2)3/h3H2,1-2H3;5H,1-3H3. The van der Waals surface area contributed by atoms with E-state index < -0.39 is 16.7 Å². The molecule has 0 saturated heterocycles. The zero-order valence-corrected chi connectivity index (χ0v) is 12.0. The van der Waals surface area contributed by atoms with Crippen LogP contribution in [0, 0.1) is 0 Å². The van der Waals surface area contributed by atoms with E-state index in [0.29, 0.717) is 5.50 Å². The van der Waals surface area contributed by atoms with Gasteiger partial charge >= 0.3 is 7.63 Å². The first-order chi connectivity index (χ1) is 5.39. The molecular formula is C6H18Cl2O2Si2. The Balaban J connectivity index is 0. The number of halogens is 2. The Morgan fingerprint density at radius 1 is 1.33 bits per heavy atom. The molecule has 76 valence electrons. The van der Waals surface area contributed by atoms with E-state index in [1.807, 2.05) is 6.55 Å². The van der Waals surface area contributed by atoms with Crippen LogP contribution in [0.1, 0.15) is 0 Å². The van der Waals surface area contributed by atoms with Crippen molar-refractivity contribution >= 4 is 39.3 Å². The minimum Gasteiger partial charge on any atom is -0.424 e. The highest BCUT2D eigenvalue weighted by Crippen LogP contribution is 2.09. The fraction of sp³-hybridized carbons (Fsp3) is 1.00. The van der Waals surface area contributed by atoms with Crippen molar-refractivity contribution in [2.24, 2.45) is 0 Å². The SMILES string of the molecule is CO[SiH](C)C.CO[Si](C)(Cl)CCl. The van der Waals surface area contributed by atoms with Gasteiger partial charge in [-0.3, -0.25) is 0 Å². The first-order valence-corrected chi connectivity index (χ1v) is 10.7. The Morgan fingerprint density at radius 2 is 1.67 bits per heavy atom. The summed E-state index contributed by atoms with van der Waals surface area (Å²) >= 11 is 11.1. The van der Waals surface area contributed by atoms with Crippen molar-refractivity contribution in [2.45, 2.75) is 19.6 Å². The predicted molar refractivity (Wildman–Crippen MR) is 61.1 cm³/mol. The highest BCUT2D eigenvalue weighted by atomic mass is 35.6. The average Bonchev–Trinajstić information content (AvgIpc) is 2.05. The Hall–Kier alpha value is 0.934. The van der Waals surface area contributed by atoms with Crippen molar-refractivity contribution in [2.75, 3.05) is 19.7 Å². The van der Waals surface area contributed by atoms with E-state index >= 15 is 0 Å². The largest absolute Gasteiger partial charge is 0.424 e. The van der Waals surface area contributed by atoms with Crippen LogP contribution in [-0.4, -0.2) is 36.4 Å². The molecule has 0 amide bonds. The highest BCUT2D eigenvalue weighted by molar-refractivity contribution is 7.18. The lowest BCUT2D eigenvalue weighted by atomic mass is 11.8. The lowest BCUT2D eigenvalue weighted by Crippen LogP contribution is -2.27. The molecule has 1 unspecified atom stereocenters. The summed E-state index contributed by atoms with van der Waals surface area (Å²) in [6, 6.07) is 0. The van der Waals surface area contributed by atoms with Crippen molar-refractivity contribution in [1.29, 1.82) is 0 Å². The van der Waals surface area contributed by atoms with Gasteiger partial charge in [-0.2, -0.15) is 0 Å². The third-order valence-corrected chi connectivity index (χ3v) is 6.21. The molecule has 0 aromatic rings. The second-order valence-electron chi connectivity index (χ2n) is 2.72. The summed E-state index contributed by atoms with van der Waals surface area (Å²) in [5.41, 5.74) is 0.449. The zero-order valence-electron chi connectivity index (χ0n) is 8.36. The van der Waals surface area contributed by atoms with E-state index in [2.05, 4.69) is 13.1 Å². The number of alkyl halides is 1. The van der Waals surface area contributed by atoms with E-state index in [9.17, 15) is 0 Å². The molecule has 2 nitrogen and oxygen atoms in total. The quantitative estimate of drug-likeness (QED) is 0.434. The molecule has 0 aliphatic carbocycles. The third-order valence-electron chi connectivity index (χ3n) is 1.14. The summed E-state index contributed by atoms with van der Waals surface area (Å²) in [5, 5.41) is 0. The monoisotopic (exact) mass is 248 g/mol. The van der Waals surface area contributed by atoms with Gasteiger partial charge < -0.3 is 8.85 Å². The summed E-state index contributed by atoms with van der Waals surface area (Å²) in [5.74, 6) is 0. The Bertz CT molecular complexity index is 95.5. The van der Waals surface area contributed by atoms with Crippen LogP contribution >= 0.6 is 22.7 Å². The van der Waals surface area contributed by atoms with Crippen LogP contribution in [0.15, 0.2) is 0 Å². The van der Waals surface area contributed by atoms with E-state index in [-0.39, 0.29) is 0 Å². The van der Waals surface area contributed by atoms with Gasteiger partial charge in [-0.25, -0.2) is 0 Å². The Labute approximate surface area is 87.7 Å². The molecule has 0 radical (unpaired) electrons. The molecule has 0 aromatic heterocycles. The van der Waals surface area contributed by atoms with Crippen molar-refractivity contribution in [1.82, 2.24) is 0 Å². The molecule has 0 heterocycles. The number of hydrogen-bond acceptors (Lipinski definition) is 2. The van der Waals surface area contributed by atoms with E-state index in [4.69, 9.17) is 31.5 Å². The van der Waals surface area contributed by atoms with Gasteiger partial charge in [0.25, 0.3) is 0 Å². The molecular weight excluding hydrogens is 231 g/mol. The highest BCUT2D eigenvalue weighted by Gasteiger charge is 2.22. The zero-order chi connectivity index (χ0) is 10.2. The molecule has 0 rings (SSSR count). The molecule has 12 heavy (non-hydrogen) atoms. The first kappa shape index (κ1) is 15.4. The maximum absolute atomic E-state index is 5.69. The Kier molecular flexibility index (Phi) is 11.0. The van der Waals surface area contributed by atoms with Gasteiger partial charge in [0.1, 0.15) is 0 Å². The van der Waals surface area contributed by atoms with Gasteiger partial charge in [-0.1, -0.05) is 0 Å². The van der Waals surface area contributed by atoms with E-state index in [1.54, 1.807) is 14.2 Å². The molecule has 6 heteroatoms. The smallest absolute Gasteiger partial charge is 0.301 e. The molecule has 1 atom stereocenters. The number of rotatable bonds is 3. The topological polar surface area (TPSA) is 18.5 Å². The molecule has 0 saturated carbocycles. The lowest BCUT2D eigenvalue weighted by Gasteiger charge is -2.10. The molecule has 0 aliphatic rings. The average molecular weight is 249 g/mol. The van der Waals surface area contributed by atoms with Gasteiger partial charge in [-0.15, -0.1) is 22.7 Å². The molecule has 0 aliphatic heterocycles. The summed E-state index contributed by atoms with van der Waals surface area (Å²) in [7, 11) is 0.782. The van der Waals surface area contributed by atoms with Gasteiger partial charge in [-0.05, 0) is 19.6 Å². The molecule has 0 aromatic carbocycles. The molecule has 0 fully saturated rings. The summed E-state index contributed by atoms with van der Waals surface area (Å²) < 4.78 is 9.75. The van der Waals surface area contributed by atoms with Crippen LogP contribution in [0.2, 0.25) is 19.6 Å². The fourth-order valence-corrected chi connectivity index (χ4v) is 0.491. The maximum atomic E-state index is 5.69. The van der Waals surface area contributed by atoms with E-state index in [0.717, 1.165) is 0 Å². The summed E-state index contributed by atoms with van der Waals surface area (Å²) in [6.07, 6.45) is 0.